The minimum absolute atomic E-state index is 0.0734. The first kappa shape index (κ1) is 17.4. The van der Waals surface area contributed by atoms with E-state index < -0.39 is 10.0 Å². The van der Waals surface area contributed by atoms with E-state index in [1.807, 2.05) is 18.2 Å². The van der Waals surface area contributed by atoms with Crippen molar-refractivity contribution in [3.8, 4) is 0 Å². The molecule has 2 aromatic rings. The normalized spacial score (nSPS) is 25.0. The highest BCUT2D eigenvalue weighted by molar-refractivity contribution is 7.88. The number of carbonyl (C=O) groups is 1. The molecule has 2 atom stereocenters. The van der Waals surface area contributed by atoms with Crippen molar-refractivity contribution in [2.75, 3.05) is 32.5 Å². The van der Waals surface area contributed by atoms with E-state index in [0.717, 1.165) is 5.52 Å². The number of aromatic nitrogens is 2. The zero-order valence-corrected chi connectivity index (χ0v) is 15.4. The number of nitrogens with zero attached hydrogens (tertiary/aromatic N) is 4. The molecule has 0 aliphatic carbocycles. The highest BCUT2D eigenvalue weighted by Crippen LogP contribution is 2.26. The topological polar surface area (TPSA) is 84.2 Å². The number of likely N-dealkylation sites (tertiary alicyclic amines) is 1. The Morgan fingerprint density at radius 2 is 2.04 bits per heavy atom. The van der Waals surface area contributed by atoms with Gasteiger partial charge in [0.05, 0.1) is 42.3 Å². The zero-order valence-electron chi connectivity index (χ0n) is 14.6. The summed E-state index contributed by atoms with van der Waals surface area (Å²) in [7, 11) is -3.29. The van der Waals surface area contributed by atoms with E-state index in [4.69, 9.17) is 4.74 Å². The molecule has 2 aromatic heterocycles. The second-order valence-corrected chi connectivity index (χ2v) is 8.74. The maximum atomic E-state index is 13.0. The number of amides is 1. The number of morpholine rings is 1. The third-order valence-electron chi connectivity index (χ3n) is 5.19. The molecule has 26 heavy (non-hydrogen) atoms. The first-order valence-electron chi connectivity index (χ1n) is 8.75. The molecule has 8 nitrogen and oxygen atoms in total. The molecule has 0 unspecified atom stereocenters. The van der Waals surface area contributed by atoms with Gasteiger partial charge >= 0.3 is 0 Å². The number of fused-ring (bicyclic) bond motifs is 2. The van der Waals surface area contributed by atoms with Gasteiger partial charge in [-0.25, -0.2) is 12.9 Å². The first-order chi connectivity index (χ1) is 12.4. The van der Waals surface area contributed by atoms with E-state index in [2.05, 4.69) is 5.10 Å². The van der Waals surface area contributed by atoms with Gasteiger partial charge in [0.25, 0.3) is 5.91 Å². The summed E-state index contributed by atoms with van der Waals surface area (Å²) < 4.78 is 33.2. The monoisotopic (exact) mass is 378 g/mol. The van der Waals surface area contributed by atoms with Crippen LogP contribution in [0.5, 0.6) is 0 Å². The smallest absolute Gasteiger partial charge is 0.257 e. The maximum Gasteiger partial charge on any atom is 0.257 e. The Balaban J connectivity index is 1.56. The summed E-state index contributed by atoms with van der Waals surface area (Å²) in [4.78, 5) is 14.8. The number of hydrogen-bond donors (Lipinski definition) is 0. The van der Waals surface area contributed by atoms with Gasteiger partial charge in [0, 0.05) is 25.8 Å². The van der Waals surface area contributed by atoms with Crippen molar-refractivity contribution < 1.29 is 17.9 Å². The Morgan fingerprint density at radius 1 is 1.23 bits per heavy atom. The van der Waals surface area contributed by atoms with Crippen LogP contribution in [0.2, 0.25) is 0 Å². The van der Waals surface area contributed by atoms with Crippen molar-refractivity contribution in [1.82, 2.24) is 18.8 Å². The molecule has 2 fully saturated rings. The summed E-state index contributed by atoms with van der Waals surface area (Å²) in [6.07, 6.45) is 5.67. The van der Waals surface area contributed by atoms with Gasteiger partial charge < -0.3 is 9.64 Å². The number of carbonyl (C=O) groups excluding carboxylic acids is 1. The quantitative estimate of drug-likeness (QED) is 0.764. The number of pyridine rings is 1. The fraction of sp³-hybridized carbons (Fsp3) is 0.529. The third-order valence-corrected chi connectivity index (χ3v) is 6.50. The molecule has 1 amide bonds. The van der Waals surface area contributed by atoms with Crippen LogP contribution in [-0.2, 0) is 14.8 Å². The zero-order chi connectivity index (χ0) is 18.3. The van der Waals surface area contributed by atoms with Crippen molar-refractivity contribution in [3.05, 3.63) is 36.2 Å². The standard InChI is InChI=1S/C17H22N4O4S/c1-26(23,24)21-10-11-25-16-6-9-19(8-5-15(16)21)17(22)13-12-18-20-7-3-2-4-14(13)20/h2-4,7,12,15-16H,5-6,8-11H2,1H3/t15-,16-/m1/s1. The largest absolute Gasteiger partial charge is 0.375 e. The number of rotatable bonds is 2. The summed E-state index contributed by atoms with van der Waals surface area (Å²) in [6.45, 7) is 1.82. The molecule has 9 heteroatoms. The summed E-state index contributed by atoms with van der Waals surface area (Å²) in [5.41, 5.74) is 1.34. The lowest BCUT2D eigenvalue weighted by Gasteiger charge is -2.38. The Morgan fingerprint density at radius 3 is 2.85 bits per heavy atom. The second-order valence-electron chi connectivity index (χ2n) is 6.81. The van der Waals surface area contributed by atoms with Gasteiger partial charge in [-0.3, -0.25) is 4.79 Å². The summed E-state index contributed by atoms with van der Waals surface area (Å²) in [6, 6.07) is 5.40. The lowest BCUT2D eigenvalue weighted by atomic mass is 10.0. The minimum atomic E-state index is -3.29. The van der Waals surface area contributed by atoms with Crippen molar-refractivity contribution in [2.24, 2.45) is 0 Å². The molecular weight excluding hydrogens is 356 g/mol. The van der Waals surface area contributed by atoms with E-state index >= 15 is 0 Å². The van der Waals surface area contributed by atoms with Gasteiger partial charge in [0.1, 0.15) is 0 Å². The first-order valence-corrected chi connectivity index (χ1v) is 10.6. The molecule has 0 bridgehead atoms. The van der Waals surface area contributed by atoms with E-state index in [1.165, 1.54) is 10.6 Å². The fourth-order valence-electron chi connectivity index (χ4n) is 3.93. The molecule has 4 rings (SSSR count). The van der Waals surface area contributed by atoms with Crippen LogP contribution in [0.1, 0.15) is 23.2 Å². The van der Waals surface area contributed by atoms with Crippen LogP contribution in [-0.4, -0.2) is 77.8 Å². The molecule has 2 aliphatic rings. The van der Waals surface area contributed by atoms with Crippen molar-refractivity contribution >= 4 is 21.4 Å². The summed E-state index contributed by atoms with van der Waals surface area (Å²) in [5, 5.41) is 4.23. The third kappa shape index (κ3) is 3.10. The average Bonchev–Trinajstić information content (AvgIpc) is 2.92. The van der Waals surface area contributed by atoms with E-state index in [9.17, 15) is 13.2 Å². The van der Waals surface area contributed by atoms with Crippen LogP contribution < -0.4 is 0 Å². The van der Waals surface area contributed by atoms with Crippen LogP contribution in [0.25, 0.3) is 5.52 Å². The van der Waals surface area contributed by atoms with E-state index in [1.54, 1.807) is 21.8 Å². The van der Waals surface area contributed by atoms with Gasteiger partial charge in [0.2, 0.25) is 10.0 Å². The SMILES string of the molecule is CS(=O)(=O)N1CCO[C@@H]2CCN(C(=O)c3cnn4ccccc34)CC[C@H]21. The lowest BCUT2D eigenvalue weighted by Crippen LogP contribution is -2.53. The molecule has 0 radical (unpaired) electrons. The van der Waals surface area contributed by atoms with Crippen LogP contribution in [0.4, 0.5) is 0 Å². The fourth-order valence-corrected chi connectivity index (χ4v) is 5.07. The molecule has 2 aliphatic heterocycles. The molecule has 0 spiro atoms. The molecule has 0 aromatic carbocycles. The van der Waals surface area contributed by atoms with E-state index in [0.29, 0.717) is 44.6 Å². The highest BCUT2D eigenvalue weighted by Gasteiger charge is 2.39. The number of ether oxygens (including phenoxy) is 1. The molecular formula is C17H22N4O4S. The van der Waals surface area contributed by atoms with Gasteiger partial charge in [0.15, 0.2) is 0 Å². The Kier molecular flexibility index (Phi) is 4.45. The van der Waals surface area contributed by atoms with Crippen LogP contribution in [0.15, 0.2) is 30.6 Å². The summed E-state index contributed by atoms with van der Waals surface area (Å²) in [5.74, 6) is -0.0734. The molecule has 0 N–H and O–H groups in total. The molecule has 140 valence electrons. The van der Waals surface area contributed by atoms with Crippen LogP contribution in [0, 0.1) is 0 Å². The van der Waals surface area contributed by atoms with Crippen molar-refractivity contribution in [2.45, 2.75) is 25.0 Å². The van der Waals surface area contributed by atoms with Gasteiger partial charge in [-0.05, 0) is 25.0 Å². The molecule has 0 saturated carbocycles. The van der Waals surface area contributed by atoms with Gasteiger partial charge in [-0.1, -0.05) is 6.07 Å². The Bertz CT molecular complexity index is 926. The van der Waals surface area contributed by atoms with Crippen molar-refractivity contribution in [1.29, 1.82) is 0 Å². The van der Waals surface area contributed by atoms with E-state index in [-0.39, 0.29) is 18.1 Å². The molecule has 4 heterocycles. The van der Waals surface area contributed by atoms with Gasteiger partial charge in [-0.15, -0.1) is 0 Å². The maximum absolute atomic E-state index is 13.0. The average molecular weight is 378 g/mol. The number of hydrogen-bond acceptors (Lipinski definition) is 5. The molecule has 2 saturated heterocycles. The summed E-state index contributed by atoms with van der Waals surface area (Å²) >= 11 is 0. The lowest BCUT2D eigenvalue weighted by molar-refractivity contribution is -0.0406. The van der Waals surface area contributed by atoms with Crippen LogP contribution >= 0.6 is 0 Å². The Hall–Kier alpha value is -1.97. The highest BCUT2D eigenvalue weighted by atomic mass is 32.2. The van der Waals surface area contributed by atoms with Crippen molar-refractivity contribution in [3.63, 3.8) is 0 Å². The minimum Gasteiger partial charge on any atom is -0.375 e. The van der Waals surface area contributed by atoms with Gasteiger partial charge in [-0.2, -0.15) is 9.40 Å². The Labute approximate surface area is 152 Å². The number of sulfonamides is 1. The predicted octanol–water partition coefficient (Wildman–Crippen LogP) is 0.599. The second kappa shape index (κ2) is 6.64. The predicted molar refractivity (Wildman–Crippen MR) is 95.4 cm³/mol. The van der Waals surface area contributed by atoms with Crippen LogP contribution in [0.3, 0.4) is 0 Å².